The number of rotatable bonds is 4. The predicted octanol–water partition coefficient (Wildman–Crippen LogP) is -0.561. The Balaban J connectivity index is 2.40. The van der Waals surface area contributed by atoms with Gasteiger partial charge in [0, 0.05) is 6.42 Å². The van der Waals surface area contributed by atoms with Crippen LogP contribution in [0, 0.1) is 0 Å². The first-order valence-electron chi connectivity index (χ1n) is 3.52. The maximum Gasteiger partial charge on any atom is 0.218 e. The van der Waals surface area contributed by atoms with E-state index in [1.165, 1.54) is 0 Å². The minimum absolute atomic E-state index is 0.0428. The number of sulfone groups is 1. The van der Waals surface area contributed by atoms with Crippen LogP contribution >= 0.6 is 0 Å². The van der Waals surface area contributed by atoms with Crippen LogP contribution in [-0.2, 0) is 14.6 Å². The van der Waals surface area contributed by atoms with E-state index in [4.69, 9.17) is 5.73 Å². The van der Waals surface area contributed by atoms with Gasteiger partial charge in [0.1, 0.15) is 0 Å². The lowest BCUT2D eigenvalue weighted by Crippen LogP contribution is -2.19. The molecule has 1 aliphatic carbocycles. The van der Waals surface area contributed by atoms with E-state index in [2.05, 4.69) is 0 Å². The molecule has 1 amide bonds. The van der Waals surface area contributed by atoms with Gasteiger partial charge in [-0.1, -0.05) is 0 Å². The van der Waals surface area contributed by atoms with Gasteiger partial charge < -0.3 is 5.73 Å². The van der Waals surface area contributed by atoms with Crippen molar-refractivity contribution < 1.29 is 13.2 Å². The maximum atomic E-state index is 11.1. The lowest BCUT2D eigenvalue weighted by Gasteiger charge is -1.97. The fourth-order valence-electron chi connectivity index (χ4n) is 0.837. The minimum Gasteiger partial charge on any atom is -0.370 e. The molecule has 1 aliphatic rings. The van der Waals surface area contributed by atoms with Gasteiger partial charge in [-0.15, -0.1) is 0 Å². The van der Waals surface area contributed by atoms with E-state index in [0.717, 1.165) is 12.8 Å². The monoisotopic (exact) mass is 177 g/mol. The first-order valence-corrected chi connectivity index (χ1v) is 5.24. The summed E-state index contributed by atoms with van der Waals surface area (Å²) < 4.78 is 22.2. The summed E-state index contributed by atoms with van der Waals surface area (Å²) in [5.41, 5.74) is 4.82. The lowest BCUT2D eigenvalue weighted by atomic mass is 10.5. The standard InChI is InChI=1S/C6H11NO3S/c7-6(8)3-4-11(9,10)5-1-2-5/h5H,1-4H2,(H2,7,8). The molecule has 1 saturated carbocycles. The SMILES string of the molecule is NC(=O)CCS(=O)(=O)C1CC1. The van der Waals surface area contributed by atoms with Gasteiger partial charge in [0.15, 0.2) is 9.84 Å². The number of hydrogen-bond acceptors (Lipinski definition) is 3. The summed E-state index contributed by atoms with van der Waals surface area (Å²) in [5.74, 6) is -0.623. The molecule has 0 radical (unpaired) electrons. The molecule has 0 spiro atoms. The Morgan fingerprint density at radius 1 is 1.45 bits per heavy atom. The lowest BCUT2D eigenvalue weighted by molar-refractivity contribution is -0.117. The Morgan fingerprint density at radius 3 is 2.36 bits per heavy atom. The third-order valence-corrected chi connectivity index (χ3v) is 3.93. The van der Waals surface area contributed by atoms with E-state index in [1.54, 1.807) is 0 Å². The summed E-state index contributed by atoms with van der Waals surface area (Å²) in [6.07, 6.45) is 1.46. The maximum absolute atomic E-state index is 11.1. The predicted molar refractivity (Wildman–Crippen MR) is 40.6 cm³/mol. The van der Waals surface area contributed by atoms with E-state index in [0.29, 0.717) is 0 Å². The van der Waals surface area contributed by atoms with Crippen LogP contribution in [0.1, 0.15) is 19.3 Å². The van der Waals surface area contributed by atoms with Gasteiger partial charge in [0.25, 0.3) is 0 Å². The Morgan fingerprint density at radius 2 is 2.00 bits per heavy atom. The second kappa shape index (κ2) is 2.81. The summed E-state index contributed by atoms with van der Waals surface area (Å²) in [6.45, 7) is 0. The van der Waals surface area contributed by atoms with Gasteiger partial charge in [0.2, 0.25) is 5.91 Å². The first-order chi connectivity index (χ1) is 5.02. The fraction of sp³-hybridized carbons (Fsp3) is 0.833. The molecule has 11 heavy (non-hydrogen) atoms. The molecule has 0 saturated heterocycles. The van der Waals surface area contributed by atoms with Crippen molar-refractivity contribution in [1.29, 1.82) is 0 Å². The van der Waals surface area contributed by atoms with Gasteiger partial charge in [-0.2, -0.15) is 0 Å². The Kier molecular flexibility index (Phi) is 2.17. The molecule has 0 aliphatic heterocycles. The number of hydrogen-bond donors (Lipinski definition) is 1. The number of nitrogens with two attached hydrogens (primary N) is 1. The highest BCUT2D eigenvalue weighted by Crippen LogP contribution is 2.29. The van der Waals surface area contributed by atoms with Crippen molar-refractivity contribution in [3.63, 3.8) is 0 Å². The molecule has 0 heterocycles. The highest BCUT2D eigenvalue weighted by atomic mass is 32.2. The Labute approximate surface area is 65.7 Å². The van der Waals surface area contributed by atoms with Gasteiger partial charge in [-0.05, 0) is 12.8 Å². The topological polar surface area (TPSA) is 77.2 Å². The molecule has 2 N–H and O–H groups in total. The zero-order chi connectivity index (χ0) is 8.48. The van der Waals surface area contributed by atoms with Gasteiger partial charge in [-0.3, -0.25) is 4.79 Å². The molecule has 64 valence electrons. The van der Waals surface area contributed by atoms with Crippen molar-refractivity contribution in [1.82, 2.24) is 0 Å². The van der Waals surface area contributed by atoms with E-state index < -0.39 is 15.7 Å². The first kappa shape index (κ1) is 8.52. The Hall–Kier alpha value is -0.580. The molecule has 0 aromatic carbocycles. The Bertz CT molecular complexity index is 253. The normalized spacial score (nSPS) is 18.2. The van der Waals surface area contributed by atoms with E-state index in [-0.39, 0.29) is 17.4 Å². The van der Waals surface area contributed by atoms with Crippen LogP contribution in [0.15, 0.2) is 0 Å². The second-order valence-electron chi connectivity index (χ2n) is 2.78. The van der Waals surface area contributed by atoms with Gasteiger partial charge >= 0.3 is 0 Å². The zero-order valence-corrected chi connectivity index (χ0v) is 6.93. The van der Waals surface area contributed by atoms with Gasteiger partial charge in [0.05, 0.1) is 11.0 Å². The third-order valence-electron chi connectivity index (χ3n) is 1.67. The summed E-state index contributed by atoms with van der Waals surface area (Å²) in [6, 6.07) is 0. The van der Waals surface area contributed by atoms with Crippen LogP contribution in [0.2, 0.25) is 0 Å². The van der Waals surface area contributed by atoms with Crippen LogP contribution in [0.4, 0.5) is 0 Å². The van der Waals surface area contributed by atoms with Crippen LogP contribution in [0.25, 0.3) is 0 Å². The van der Waals surface area contributed by atoms with Crippen molar-refractivity contribution in [3.05, 3.63) is 0 Å². The average Bonchev–Trinajstić information content (AvgIpc) is 2.64. The van der Waals surface area contributed by atoms with E-state index >= 15 is 0 Å². The third kappa shape index (κ3) is 2.49. The van der Waals surface area contributed by atoms with Crippen molar-refractivity contribution >= 4 is 15.7 Å². The molecule has 1 rings (SSSR count). The highest BCUT2D eigenvalue weighted by Gasteiger charge is 2.35. The molecule has 0 atom stereocenters. The molecule has 4 nitrogen and oxygen atoms in total. The zero-order valence-electron chi connectivity index (χ0n) is 6.12. The number of carbonyl (C=O) groups is 1. The molecule has 0 aromatic rings. The summed E-state index contributed by atoms with van der Waals surface area (Å²) in [7, 11) is -2.98. The van der Waals surface area contributed by atoms with Crippen LogP contribution in [0.5, 0.6) is 0 Å². The van der Waals surface area contributed by atoms with Crippen molar-refractivity contribution in [2.75, 3.05) is 5.75 Å². The van der Waals surface area contributed by atoms with Crippen LogP contribution < -0.4 is 5.73 Å². The molecule has 0 aromatic heterocycles. The molecule has 0 bridgehead atoms. The molecular formula is C6H11NO3S. The summed E-state index contributed by atoms with van der Waals surface area (Å²) in [4.78, 5) is 10.2. The number of carbonyl (C=O) groups excluding carboxylic acids is 1. The van der Waals surface area contributed by atoms with Crippen LogP contribution in [0.3, 0.4) is 0 Å². The second-order valence-corrected chi connectivity index (χ2v) is 5.18. The van der Waals surface area contributed by atoms with E-state index in [1.807, 2.05) is 0 Å². The molecule has 5 heteroatoms. The fourth-order valence-corrected chi connectivity index (χ4v) is 2.51. The average molecular weight is 177 g/mol. The van der Waals surface area contributed by atoms with E-state index in [9.17, 15) is 13.2 Å². The molecular weight excluding hydrogens is 166 g/mol. The molecule has 0 unspecified atom stereocenters. The van der Waals surface area contributed by atoms with Crippen molar-refractivity contribution in [2.24, 2.45) is 5.73 Å². The van der Waals surface area contributed by atoms with Crippen LogP contribution in [-0.4, -0.2) is 25.3 Å². The highest BCUT2D eigenvalue weighted by molar-refractivity contribution is 7.92. The largest absolute Gasteiger partial charge is 0.370 e. The number of primary amides is 1. The van der Waals surface area contributed by atoms with Crippen molar-refractivity contribution in [2.45, 2.75) is 24.5 Å². The van der Waals surface area contributed by atoms with Crippen molar-refractivity contribution in [3.8, 4) is 0 Å². The number of amides is 1. The smallest absolute Gasteiger partial charge is 0.218 e. The summed E-state index contributed by atoms with van der Waals surface area (Å²) in [5, 5.41) is -0.179. The molecule has 1 fully saturated rings. The summed E-state index contributed by atoms with van der Waals surface area (Å²) >= 11 is 0. The van der Waals surface area contributed by atoms with Gasteiger partial charge in [-0.25, -0.2) is 8.42 Å². The quantitative estimate of drug-likeness (QED) is 0.625. The minimum atomic E-state index is -2.98.